The molecule has 3 heterocycles. The van der Waals surface area contributed by atoms with Gasteiger partial charge in [-0.25, -0.2) is 9.59 Å². The largest absolute Gasteiger partial charge is 0.444 e. The van der Waals surface area contributed by atoms with Crippen LogP contribution >= 0.6 is 11.3 Å². The van der Waals surface area contributed by atoms with Gasteiger partial charge in [0, 0.05) is 19.6 Å². The van der Waals surface area contributed by atoms with E-state index in [0.717, 1.165) is 30.7 Å². The molecule has 3 rings (SSSR count). The topological polar surface area (TPSA) is 77.6 Å². The Kier molecular flexibility index (Phi) is 5.50. The summed E-state index contributed by atoms with van der Waals surface area (Å²) in [6.07, 6.45) is 2.51. The summed E-state index contributed by atoms with van der Waals surface area (Å²) in [5.74, 6) is 0.465. The Labute approximate surface area is 156 Å². The third-order valence-electron chi connectivity index (χ3n) is 4.36. The summed E-state index contributed by atoms with van der Waals surface area (Å²) in [4.78, 5) is 27.0. The maximum atomic E-state index is 12.3. The lowest BCUT2D eigenvalue weighted by Gasteiger charge is -2.34. The Morgan fingerprint density at radius 3 is 2.96 bits per heavy atom. The fraction of sp³-hybridized carbons (Fsp3) is 0.611. The number of likely N-dealkylation sites (tertiary alicyclic amines) is 1. The van der Waals surface area contributed by atoms with Crippen molar-refractivity contribution < 1.29 is 14.1 Å². The minimum absolute atomic E-state index is 0.261. The summed E-state index contributed by atoms with van der Waals surface area (Å²) >= 11 is 1.52. The van der Waals surface area contributed by atoms with Crippen molar-refractivity contribution in [2.75, 3.05) is 13.1 Å². The Hall–Kier alpha value is -2.09. The number of aromatic nitrogens is 2. The zero-order valence-corrected chi connectivity index (χ0v) is 16.3. The minimum atomic E-state index is -0.491. The summed E-state index contributed by atoms with van der Waals surface area (Å²) in [6, 6.07) is 3.84. The number of amides is 1. The lowest BCUT2D eigenvalue weighted by atomic mass is 9.95. The molecule has 2 aromatic heterocycles. The van der Waals surface area contributed by atoms with Crippen LogP contribution in [0.3, 0.4) is 0 Å². The molecule has 1 saturated heterocycles. The quantitative estimate of drug-likeness (QED) is 0.811. The molecule has 1 aliphatic rings. The zero-order chi connectivity index (χ0) is 18.7. The highest BCUT2D eigenvalue weighted by Crippen LogP contribution is 2.25. The molecule has 7 nitrogen and oxygen atoms in total. The number of rotatable bonds is 4. The molecule has 2 aromatic rings. The second-order valence-electron chi connectivity index (χ2n) is 7.62. The lowest BCUT2D eigenvalue weighted by Crippen LogP contribution is -2.43. The van der Waals surface area contributed by atoms with Crippen LogP contribution in [0, 0.1) is 5.92 Å². The average molecular weight is 379 g/mol. The van der Waals surface area contributed by atoms with E-state index in [4.69, 9.17) is 9.26 Å². The molecule has 1 fully saturated rings. The van der Waals surface area contributed by atoms with E-state index in [1.807, 2.05) is 38.3 Å². The van der Waals surface area contributed by atoms with Gasteiger partial charge in [-0.3, -0.25) is 9.09 Å². The molecule has 26 heavy (non-hydrogen) atoms. The normalized spacial score (nSPS) is 18.1. The van der Waals surface area contributed by atoms with Gasteiger partial charge in [-0.2, -0.15) is 0 Å². The Morgan fingerprint density at radius 1 is 1.46 bits per heavy atom. The molecule has 0 radical (unpaired) electrons. The molecule has 0 N–H and O–H groups in total. The van der Waals surface area contributed by atoms with Gasteiger partial charge in [-0.05, 0) is 57.4 Å². The lowest BCUT2D eigenvalue weighted by molar-refractivity contribution is 0.0159. The van der Waals surface area contributed by atoms with Crippen LogP contribution in [0.2, 0.25) is 0 Å². The van der Waals surface area contributed by atoms with Gasteiger partial charge in [0.25, 0.3) is 0 Å². The maximum Gasteiger partial charge on any atom is 0.441 e. The second kappa shape index (κ2) is 7.65. The third-order valence-corrected chi connectivity index (χ3v) is 5.23. The number of nitrogens with zero attached hydrogens (tertiary/aromatic N) is 3. The molecule has 0 bridgehead atoms. The Morgan fingerprint density at radius 2 is 2.27 bits per heavy atom. The summed E-state index contributed by atoms with van der Waals surface area (Å²) in [5.41, 5.74) is -0.491. The average Bonchev–Trinajstić information content (AvgIpc) is 3.21. The highest BCUT2D eigenvalue weighted by molar-refractivity contribution is 7.13. The molecule has 0 aliphatic carbocycles. The fourth-order valence-corrected chi connectivity index (χ4v) is 3.87. The molecule has 0 saturated carbocycles. The number of thiophene rings is 1. The van der Waals surface area contributed by atoms with Crippen LogP contribution in [0.5, 0.6) is 0 Å². The highest BCUT2D eigenvalue weighted by Gasteiger charge is 2.28. The van der Waals surface area contributed by atoms with Crippen molar-refractivity contribution in [2.24, 2.45) is 5.92 Å². The number of hydrogen-bond donors (Lipinski definition) is 0. The van der Waals surface area contributed by atoms with Crippen LogP contribution < -0.4 is 5.76 Å². The summed E-state index contributed by atoms with van der Waals surface area (Å²) in [5, 5.41) is 5.85. The maximum absolute atomic E-state index is 12.3. The van der Waals surface area contributed by atoms with Crippen molar-refractivity contribution in [1.29, 1.82) is 0 Å². The fourth-order valence-electron chi connectivity index (χ4n) is 3.15. The molecular formula is C18H25N3O4S. The van der Waals surface area contributed by atoms with E-state index in [9.17, 15) is 9.59 Å². The molecule has 0 aromatic carbocycles. The Balaban J connectivity index is 1.61. The third kappa shape index (κ3) is 4.55. The SMILES string of the molecule is CC(C)(C)OC(=O)N1CCC[C@@H](CCn2c(-c3cccs3)noc2=O)C1. The smallest absolute Gasteiger partial charge is 0.441 e. The van der Waals surface area contributed by atoms with E-state index in [1.165, 1.54) is 11.3 Å². The summed E-state index contributed by atoms with van der Waals surface area (Å²) in [6.45, 7) is 7.52. The van der Waals surface area contributed by atoms with E-state index >= 15 is 0 Å². The van der Waals surface area contributed by atoms with Crippen molar-refractivity contribution in [3.8, 4) is 10.7 Å². The van der Waals surface area contributed by atoms with Gasteiger partial charge in [0.1, 0.15) is 5.60 Å². The standard InChI is InChI=1S/C18H25N3O4S/c1-18(2,3)24-16(22)20-9-4-6-13(12-20)8-10-21-15(19-25-17(21)23)14-7-5-11-26-14/h5,7,11,13H,4,6,8-10,12H2,1-3H3/t13-/m0/s1. The first-order valence-electron chi connectivity index (χ1n) is 8.92. The van der Waals surface area contributed by atoms with Crippen molar-refractivity contribution in [1.82, 2.24) is 14.6 Å². The van der Waals surface area contributed by atoms with Gasteiger partial charge >= 0.3 is 11.8 Å². The Bertz CT molecular complexity index is 788. The number of carbonyl (C=O) groups excluding carboxylic acids is 1. The minimum Gasteiger partial charge on any atom is -0.444 e. The summed E-state index contributed by atoms with van der Waals surface area (Å²) in [7, 11) is 0. The van der Waals surface area contributed by atoms with Crippen LogP contribution in [0.25, 0.3) is 10.7 Å². The van der Waals surface area contributed by atoms with Crippen LogP contribution in [0.15, 0.2) is 26.8 Å². The van der Waals surface area contributed by atoms with Gasteiger partial charge in [-0.1, -0.05) is 11.2 Å². The molecule has 0 unspecified atom stereocenters. The summed E-state index contributed by atoms with van der Waals surface area (Å²) < 4.78 is 11.9. The van der Waals surface area contributed by atoms with Crippen molar-refractivity contribution in [3.05, 3.63) is 28.1 Å². The van der Waals surface area contributed by atoms with E-state index in [1.54, 1.807) is 9.47 Å². The zero-order valence-electron chi connectivity index (χ0n) is 15.4. The van der Waals surface area contributed by atoms with E-state index in [0.29, 0.717) is 24.8 Å². The molecule has 8 heteroatoms. The predicted octanol–water partition coefficient (Wildman–Crippen LogP) is 3.60. The number of ether oxygens (including phenoxy) is 1. The molecule has 142 valence electrons. The number of hydrogen-bond acceptors (Lipinski definition) is 6. The van der Waals surface area contributed by atoms with Gasteiger partial charge < -0.3 is 9.64 Å². The highest BCUT2D eigenvalue weighted by atomic mass is 32.1. The molecule has 0 spiro atoms. The van der Waals surface area contributed by atoms with Crippen molar-refractivity contribution >= 4 is 17.4 Å². The predicted molar refractivity (Wildman–Crippen MR) is 99.2 cm³/mol. The first-order chi connectivity index (χ1) is 12.3. The van der Waals surface area contributed by atoms with Crippen LogP contribution in [0.1, 0.15) is 40.0 Å². The van der Waals surface area contributed by atoms with E-state index in [-0.39, 0.29) is 6.09 Å². The molecule has 1 aliphatic heterocycles. The van der Waals surface area contributed by atoms with Crippen LogP contribution in [-0.4, -0.2) is 39.4 Å². The van der Waals surface area contributed by atoms with E-state index < -0.39 is 11.4 Å². The number of piperidine rings is 1. The first kappa shape index (κ1) is 18.7. The van der Waals surface area contributed by atoms with Gasteiger partial charge in [-0.15, -0.1) is 11.3 Å². The first-order valence-corrected chi connectivity index (χ1v) is 9.80. The molecular weight excluding hydrogens is 354 g/mol. The van der Waals surface area contributed by atoms with Crippen LogP contribution in [-0.2, 0) is 11.3 Å². The van der Waals surface area contributed by atoms with Gasteiger partial charge in [0.05, 0.1) is 4.88 Å². The number of carbonyl (C=O) groups is 1. The molecule has 1 amide bonds. The van der Waals surface area contributed by atoms with Crippen molar-refractivity contribution in [2.45, 2.75) is 52.2 Å². The monoisotopic (exact) mass is 379 g/mol. The molecule has 1 atom stereocenters. The van der Waals surface area contributed by atoms with E-state index in [2.05, 4.69) is 5.16 Å². The van der Waals surface area contributed by atoms with Crippen molar-refractivity contribution in [3.63, 3.8) is 0 Å². The van der Waals surface area contributed by atoms with Gasteiger partial charge in [0.2, 0.25) is 0 Å². The van der Waals surface area contributed by atoms with Gasteiger partial charge in [0.15, 0.2) is 5.82 Å². The second-order valence-corrected chi connectivity index (χ2v) is 8.57. The van der Waals surface area contributed by atoms with Crippen LogP contribution in [0.4, 0.5) is 4.79 Å².